The lowest BCUT2D eigenvalue weighted by molar-refractivity contribution is -0.122. The molecule has 0 unspecified atom stereocenters. The molecule has 2 N–H and O–H groups in total. The van der Waals surface area contributed by atoms with Crippen molar-refractivity contribution in [1.29, 1.82) is 0 Å². The molecule has 2 aliphatic carbocycles. The lowest BCUT2D eigenvalue weighted by atomic mass is 9.88. The SMILES string of the molecule is Cc1cccc(CC/C=C/[C@@H]2[C@H]3CC(CCCCC(=O)NC(C)(C)C)=C[C@H]3C[C@H]2O)c1. The van der Waals surface area contributed by atoms with E-state index in [2.05, 4.69) is 54.7 Å². The van der Waals surface area contributed by atoms with Gasteiger partial charge in [-0.3, -0.25) is 4.79 Å². The first-order valence-corrected chi connectivity index (χ1v) is 12.1. The number of aryl methyl sites for hydroxylation is 2. The van der Waals surface area contributed by atoms with E-state index in [1.807, 2.05) is 20.8 Å². The third-order valence-corrected chi connectivity index (χ3v) is 6.66. The lowest BCUT2D eigenvalue weighted by Gasteiger charge is -2.20. The van der Waals surface area contributed by atoms with Gasteiger partial charge in [-0.25, -0.2) is 0 Å². The van der Waals surface area contributed by atoms with Gasteiger partial charge in [0.05, 0.1) is 6.10 Å². The largest absolute Gasteiger partial charge is 0.392 e. The summed E-state index contributed by atoms with van der Waals surface area (Å²) in [6.45, 7) is 8.21. The Kier molecular flexibility index (Phi) is 8.16. The van der Waals surface area contributed by atoms with Crippen molar-refractivity contribution in [2.45, 2.75) is 90.7 Å². The topological polar surface area (TPSA) is 49.3 Å². The first-order valence-electron chi connectivity index (χ1n) is 12.1. The molecular weight excluding hydrogens is 382 g/mol. The normalized spacial score (nSPS) is 25.6. The summed E-state index contributed by atoms with van der Waals surface area (Å²) in [4.78, 5) is 12.0. The number of carbonyl (C=O) groups excluding carboxylic acids is 1. The van der Waals surface area contributed by atoms with Gasteiger partial charge in [-0.05, 0) is 90.0 Å². The zero-order chi connectivity index (χ0) is 22.4. The highest BCUT2D eigenvalue weighted by molar-refractivity contribution is 5.76. The summed E-state index contributed by atoms with van der Waals surface area (Å²) in [5.41, 5.74) is 4.09. The fourth-order valence-electron chi connectivity index (χ4n) is 5.28. The predicted octanol–water partition coefficient (Wildman–Crippen LogP) is 5.90. The molecule has 4 atom stereocenters. The minimum Gasteiger partial charge on any atom is -0.392 e. The summed E-state index contributed by atoms with van der Waals surface area (Å²) in [5, 5.41) is 13.6. The van der Waals surface area contributed by atoms with Crippen LogP contribution < -0.4 is 5.32 Å². The lowest BCUT2D eigenvalue weighted by Crippen LogP contribution is -2.40. The average Bonchev–Trinajstić information content (AvgIpc) is 3.18. The fourth-order valence-corrected chi connectivity index (χ4v) is 5.28. The van der Waals surface area contributed by atoms with E-state index in [0.29, 0.717) is 18.3 Å². The molecule has 0 heterocycles. The molecule has 1 aromatic rings. The summed E-state index contributed by atoms with van der Waals surface area (Å²) < 4.78 is 0. The zero-order valence-corrected chi connectivity index (χ0v) is 19.9. The third kappa shape index (κ3) is 7.35. The van der Waals surface area contributed by atoms with E-state index in [9.17, 15) is 9.90 Å². The van der Waals surface area contributed by atoms with Crippen LogP contribution >= 0.6 is 0 Å². The number of hydrogen-bond acceptors (Lipinski definition) is 2. The van der Waals surface area contributed by atoms with Gasteiger partial charge in [0, 0.05) is 17.9 Å². The molecule has 1 fully saturated rings. The Labute approximate surface area is 189 Å². The Morgan fingerprint density at radius 2 is 2.03 bits per heavy atom. The van der Waals surface area contributed by atoms with Gasteiger partial charge in [-0.15, -0.1) is 0 Å². The van der Waals surface area contributed by atoms with Crippen LogP contribution in [-0.2, 0) is 11.2 Å². The summed E-state index contributed by atoms with van der Waals surface area (Å²) in [6, 6.07) is 8.72. The molecule has 1 amide bonds. The molecule has 0 aliphatic heterocycles. The molecule has 31 heavy (non-hydrogen) atoms. The molecule has 1 aromatic carbocycles. The molecule has 3 heteroatoms. The van der Waals surface area contributed by atoms with Crippen molar-refractivity contribution in [3.05, 3.63) is 59.2 Å². The standard InChI is InChI=1S/C28H41NO2/c1-20-10-9-13-21(16-20)11-5-7-14-24-25-18-22(17-23(25)19-26(24)30)12-6-8-15-27(31)29-28(2,3)4/h7,9-10,13-14,16-17,23-26,30H,5-6,8,11-12,15,18-19H2,1-4H3,(H,29,31)/b14-7+/t23-,24+,25-,26+/m0/s1. The Morgan fingerprint density at radius 1 is 1.23 bits per heavy atom. The van der Waals surface area contributed by atoms with Crippen LogP contribution in [-0.4, -0.2) is 22.7 Å². The minimum absolute atomic E-state index is 0.147. The van der Waals surface area contributed by atoms with Crippen molar-refractivity contribution in [2.75, 3.05) is 0 Å². The summed E-state index contributed by atoms with van der Waals surface area (Å²) >= 11 is 0. The van der Waals surface area contributed by atoms with E-state index in [1.165, 1.54) is 16.7 Å². The van der Waals surface area contributed by atoms with Crippen molar-refractivity contribution in [1.82, 2.24) is 5.32 Å². The van der Waals surface area contributed by atoms with Crippen LogP contribution in [0.3, 0.4) is 0 Å². The maximum Gasteiger partial charge on any atom is 0.220 e. The van der Waals surface area contributed by atoms with Gasteiger partial charge in [0.1, 0.15) is 0 Å². The minimum atomic E-state index is -0.205. The average molecular weight is 424 g/mol. The number of aliphatic hydroxyl groups is 1. The summed E-state index contributed by atoms with van der Waals surface area (Å²) in [6.07, 6.45) is 14.6. The van der Waals surface area contributed by atoms with Crippen molar-refractivity contribution in [3.8, 4) is 0 Å². The molecule has 2 aliphatic rings. The monoisotopic (exact) mass is 423 g/mol. The number of unbranched alkanes of at least 4 members (excludes halogenated alkanes) is 1. The van der Waals surface area contributed by atoms with Gasteiger partial charge in [-0.1, -0.05) is 53.6 Å². The van der Waals surface area contributed by atoms with E-state index >= 15 is 0 Å². The first kappa shape index (κ1) is 23.8. The van der Waals surface area contributed by atoms with Crippen LogP contribution in [0, 0.1) is 24.7 Å². The van der Waals surface area contributed by atoms with Crippen molar-refractivity contribution in [2.24, 2.45) is 17.8 Å². The number of benzene rings is 1. The van der Waals surface area contributed by atoms with Crippen LogP contribution in [0.4, 0.5) is 0 Å². The van der Waals surface area contributed by atoms with Gasteiger partial charge in [0.2, 0.25) is 5.91 Å². The Hall–Kier alpha value is -1.87. The highest BCUT2D eigenvalue weighted by atomic mass is 16.3. The highest BCUT2D eigenvalue weighted by Gasteiger charge is 2.43. The number of fused-ring (bicyclic) bond motifs is 1. The first-order chi connectivity index (χ1) is 14.7. The molecule has 1 saturated carbocycles. The van der Waals surface area contributed by atoms with Gasteiger partial charge >= 0.3 is 0 Å². The van der Waals surface area contributed by atoms with Crippen LogP contribution in [0.2, 0.25) is 0 Å². The number of aliphatic hydroxyl groups excluding tert-OH is 1. The number of carbonyl (C=O) groups is 1. The van der Waals surface area contributed by atoms with Crippen molar-refractivity contribution >= 4 is 5.91 Å². The maximum absolute atomic E-state index is 12.0. The third-order valence-electron chi connectivity index (χ3n) is 6.66. The van der Waals surface area contributed by atoms with Gasteiger partial charge in [0.25, 0.3) is 0 Å². The fraction of sp³-hybridized carbons (Fsp3) is 0.607. The molecule has 3 rings (SSSR count). The number of amides is 1. The molecule has 0 spiro atoms. The van der Waals surface area contributed by atoms with Crippen molar-refractivity contribution in [3.63, 3.8) is 0 Å². The summed E-state index contributed by atoms with van der Waals surface area (Å²) in [5.74, 6) is 1.53. The molecular formula is C28H41NO2. The number of allylic oxidation sites excluding steroid dienone is 3. The van der Waals surface area contributed by atoms with Crippen LogP contribution in [0.25, 0.3) is 0 Å². The molecule has 3 nitrogen and oxygen atoms in total. The van der Waals surface area contributed by atoms with E-state index in [-0.39, 0.29) is 23.5 Å². The quantitative estimate of drug-likeness (QED) is 0.384. The molecule has 170 valence electrons. The Bertz CT molecular complexity index is 801. The van der Waals surface area contributed by atoms with E-state index in [0.717, 1.165) is 44.9 Å². The second-order valence-electron chi connectivity index (χ2n) is 10.7. The second kappa shape index (κ2) is 10.6. The number of rotatable bonds is 9. The van der Waals surface area contributed by atoms with Crippen LogP contribution in [0.15, 0.2) is 48.1 Å². The Balaban J connectivity index is 1.40. The smallest absolute Gasteiger partial charge is 0.220 e. The van der Waals surface area contributed by atoms with E-state index in [4.69, 9.17) is 0 Å². The predicted molar refractivity (Wildman–Crippen MR) is 129 cm³/mol. The van der Waals surface area contributed by atoms with Crippen molar-refractivity contribution < 1.29 is 9.90 Å². The van der Waals surface area contributed by atoms with Gasteiger partial charge < -0.3 is 10.4 Å². The van der Waals surface area contributed by atoms with Gasteiger partial charge in [-0.2, -0.15) is 0 Å². The Morgan fingerprint density at radius 3 is 2.77 bits per heavy atom. The van der Waals surface area contributed by atoms with E-state index in [1.54, 1.807) is 0 Å². The van der Waals surface area contributed by atoms with E-state index < -0.39 is 0 Å². The second-order valence-corrected chi connectivity index (χ2v) is 10.7. The molecule has 0 saturated heterocycles. The number of hydrogen-bond donors (Lipinski definition) is 2. The zero-order valence-electron chi connectivity index (χ0n) is 19.9. The maximum atomic E-state index is 12.0. The molecule has 0 bridgehead atoms. The van der Waals surface area contributed by atoms with Gasteiger partial charge in [0.15, 0.2) is 0 Å². The molecule has 0 radical (unpaired) electrons. The van der Waals surface area contributed by atoms with Crippen LogP contribution in [0.1, 0.15) is 76.8 Å². The highest BCUT2D eigenvalue weighted by Crippen LogP contribution is 2.48. The molecule has 0 aromatic heterocycles. The number of nitrogens with one attached hydrogen (secondary N) is 1. The van der Waals surface area contributed by atoms with Crippen LogP contribution in [0.5, 0.6) is 0 Å². The summed E-state index contributed by atoms with van der Waals surface area (Å²) in [7, 11) is 0.